The van der Waals surface area contributed by atoms with Gasteiger partial charge in [-0.1, -0.05) is 36.8 Å². The molecule has 2 fully saturated rings. The van der Waals surface area contributed by atoms with Crippen molar-refractivity contribution in [2.24, 2.45) is 5.92 Å². The van der Waals surface area contributed by atoms with Crippen LogP contribution in [0.15, 0.2) is 35.1 Å². The van der Waals surface area contributed by atoms with E-state index >= 15 is 0 Å². The van der Waals surface area contributed by atoms with Crippen molar-refractivity contribution >= 4 is 5.91 Å². The van der Waals surface area contributed by atoms with Crippen LogP contribution >= 0.6 is 0 Å². The summed E-state index contributed by atoms with van der Waals surface area (Å²) in [6, 6.07) is 9.84. The average Bonchev–Trinajstić information content (AvgIpc) is 3.31. The topological polar surface area (TPSA) is 90.1 Å². The number of nitrogens with zero attached hydrogens (tertiary/aromatic N) is 2. The summed E-state index contributed by atoms with van der Waals surface area (Å²) in [5.41, 5.74) is 8.67. The molecule has 1 amide bonds. The molecule has 1 saturated heterocycles. The van der Waals surface area contributed by atoms with Crippen LogP contribution in [-0.2, 0) is 17.8 Å². The number of aromatic nitrogens is 2. The predicted octanol–water partition coefficient (Wildman–Crippen LogP) is 0.967. The average molecular weight is 365 g/mol. The highest BCUT2D eigenvalue weighted by atomic mass is 16.2. The maximum atomic E-state index is 13.1. The van der Waals surface area contributed by atoms with Gasteiger partial charge in [-0.15, -0.1) is 0 Å². The third kappa shape index (κ3) is 2.87. The second kappa shape index (κ2) is 6.58. The van der Waals surface area contributed by atoms with Crippen LogP contribution in [0.3, 0.4) is 0 Å². The molecular weight excluding hydrogens is 342 g/mol. The number of benzene rings is 1. The maximum Gasteiger partial charge on any atom is 0.254 e. The van der Waals surface area contributed by atoms with Crippen LogP contribution in [0, 0.1) is 5.92 Å². The van der Waals surface area contributed by atoms with Crippen molar-refractivity contribution in [3.8, 4) is 11.4 Å². The Balaban J connectivity index is 1.41. The molecule has 0 spiro atoms. The van der Waals surface area contributed by atoms with Crippen LogP contribution in [0.1, 0.15) is 30.5 Å². The van der Waals surface area contributed by atoms with E-state index in [-0.39, 0.29) is 17.5 Å². The molecule has 3 atom stereocenters. The Kier molecular flexibility index (Phi) is 4.06. The molecule has 3 N–H and O–H groups in total. The van der Waals surface area contributed by atoms with Crippen LogP contribution in [0.2, 0.25) is 0 Å². The smallest absolute Gasteiger partial charge is 0.254 e. The molecule has 5 rings (SSSR count). The Morgan fingerprint density at radius 3 is 2.85 bits per heavy atom. The molecule has 3 aliphatic rings. The van der Waals surface area contributed by atoms with Crippen LogP contribution in [0.25, 0.3) is 11.4 Å². The van der Waals surface area contributed by atoms with E-state index in [4.69, 9.17) is 0 Å². The third-order valence-electron chi connectivity index (χ3n) is 6.12. The SMILES string of the molecule is O=C(C1NNC2CCCC21)N1CCc2c(nc(-c3ccccc3)[nH]c2=O)C1. The number of hydrogen-bond acceptors (Lipinski definition) is 5. The first-order chi connectivity index (χ1) is 13.2. The normalized spacial score (nSPS) is 26.7. The number of H-pyrrole nitrogens is 1. The molecule has 0 radical (unpaired) electrons. The zero-order valence-electron chi connectivity index (χ0n) is 15.1. The zero-order valence-corrected chi connectivity index (χ0v) is 15.1. The van der Waals surface area contributed by atoms with E-state index in [2.05, 4.69) is 20.8 Å². The highest BCUT2D eigenvalue weighted by Crippen LogP contribution is 2.32. The van der Waals surface area contributed by atoms with Crippen molar-refractivity contribution < 1.29 is 4.79 Å². The van der Waals surface area contributed by atoms with Crippen LogP contribution in [0.4, 0.5) is 0 Å². The first kappa shape index (κ1) is 16.6. The summed E-state index contributed by atoms with van der Waals surface area (Å²) in [6.45, 7) is 0.963. The van der Waals surface area contributed by atoms with E-state index in [0.29, 0.717) is 48.6 Å². The van der Waals surface area contributed by atoms with Gasteiger partial charge in [0.2, 0.25) is 5.91 Å². The summed E-state index contributed by atoms with van der Waals surface area (Å²) in [5.74, 6) is 1.04. The van der Waals surface area contributed by atoms with Crippen LogP contribution < -0.4 is 16.4 Å². The highest BCUT2D eigenvalue weighted by molar-refractivity contribution is 5.83. The van der Waals surface area contributed by atoms with Gasteiger partial charge < -0.3 is 9.88 Å². The Bertz CT molecular complexity index is 926. The lowest BCUT2D eigenvalue weighted by atomic mass is 9.95. The van der Waals surface area contributed by atoms with Crippen molar-refractivity contribution in [3.63, 3.8) is 0 Å². The minimum atomic E-state index is -0.172. The molecule has 1 saturated carbocycles. The Morgan fingerprint density at radius 1 is 1.15 bits per heavy atom. The second-order valence-corrected chi connectivity index (χ2v) is 7.68. The monoisotopic (exact) mass is 365 g/mol. The van der Waals surface area contributed by atoms with E-state index in [1.54, 1.807) is 0 Å². The molecular formula is C20H23N5O2. The lowest BCUT2D eigenvalue weighted by Gasteiger charge is -2.31. The number of hydrogen-bond donors (Lipinski definition) is 3. The Labute approximate surface area is 157 Å². The zero-order chi connectivity index (χ0) is 18.4. The number of carbonyl (C=O) groups excluding carboxylic acids is 1. The first-order valence-electron chi connectivity index (χ1n) is 9.68. The summed E-state index contributed by atoms with van der Waals surface area (Å²) in [4.78, 5) is 35.0. The molecule has 1 aromatic carbocycles. The van der Waals surface area contributed by atoms with Gasteiger partial charge in [-0.05, 0) is 19.3 Å². The number of nitrogens with one attached hydrogen (secondary N) is 3. The van der Waals surface area contributed by atoms with E-state index in [0.717, 1.165) is 18.4 Å². The number of carbonyl (C=O) groups is 1. The largest absolute Gasteiger partial charge is 0.335 e. The Hall–Kier alpha value is -2.51. The molecule has 1 aromatic heterocycles. The summed E-state index contributed by atoms with van der Waals surface area (Å²) >= 11 is 0. The van der Waals surface area contributed by atoms with E-state index in [1.165, 1.54) is 6.42 Å². The quantitative estimate of drug-likeness (QED) is 0.738. The predicted molar refractivity (Wildman–Crippen MR) is 101 cm³/mol. The van der Waals surface area contributed by atoms with Crippen molar-refractivity contribution in [2.75, 3.05) is 6.54 Å². The standard InChI is InChI=1S/C20H23N5O2/c26-19-14-9-10-25(20(27)17-13-7-4-8-15(13)23-24-17)11-16(14)21-18(22-19)12-5-2-1-3-6-12/h1-3,5-6,13,15,17,23-24H,4,7-11H2,(H,21,22,26). The van der Waals surface area contributed by atoms with E-state index in [1.807, 2.05) is 35.2 Å². The van der Waals surface area contributed by atoms with Gasteiger partial charge in [-0.2, -0.15) is 0 Å². The van der Waals surface area contributed by atoms with Gasteiger partial charge in [0.15, 0.2) is 0 Å². The van der Waals surface area contributed by atoms with Gasteiger partial charge in [0.25, 0.3) is 5.56 Å². The van der Waals surface area contributed by atoms with Crippen molar-refractivity contribution in [1.29, 1.82) is 0 Å². The van der Waals surface area contributed by atoms with Gasteiger partial charge in [0, 0.05) is 29.6 Å². The molecule has 3 unspecified atom stereocenters. The van der Waals surface area contributed by atoms with Crippen molar-refractivity contribution in [2.45, 2.75) is 44.3 Å². The number of fused-ring (bicyclic) bond motifs is 2. The summed E-state index contributed by atoms with van der Waals surface area (Å²) < 4.78 is 0. The molecule has 27 heavy (non-hydrogen) atoms. The summed E-state index contributed by atoms with van der Waals surface area (Å²) in [6.07, 6.45) is 3.93. The molecule has 0 bridgehead atoms. The molecule has 2 aromatic rings. The minimum absolute atomic E-state index is 0.0949. The van der Waals surface area contributed by atoms with Gasteiger partial charge >= 0.3 is 0 Å². The fraction of sp³-hybridized carbons (Fsp3) is 0.450. The molecule has 140 valence electrons. The number of amides is 1. The highest BCUT2D eigenvalue weighted by Gasteiger charge is 2.44. The minimum Gasteiger partial charge on any atom is -0.335 e. The fourth-order valence-electron chi connectivity index (χ4n) is 4.67. The molecule has 3 heterocycles. The van der Waals surface area contributed by atoms with Gasteiger partial charge in [-0.25, -0.2) is 10.4 Å². The number of hydrazine groups is 1. The fourth-order valence-corrected chi connectivity index (χ4v) is 4.67. The van der Waals surface area contributed by atoms with Crippen LogP contribution in [-0.4, -0.2) is 39.4 Å². The maximum absolute atomic E-state index is 13.1. The Morgan fingerprint density at radius 2 is 2.00 bits per heavy atom. The lowest BCUT2D eigenvalue weighted by Crippen LogP contribution is -2.50. The van der Waals surface area contributed by atoms with E-state index in [9.17, 15) is 9.59 Å². The number of aromatic amines is 1. The van der Waals surface area contributed by atoms with E-state index < -0.39 is 0 Å². The third-order valence-corrected chi connectivity index (χ3v) is 6.12. The van der Waals surface area contributed by atoms with Gasteiger partial charge in [0.1, 0.15) is 11.9 Å². The lowest BCUT2D eigenvalue weighted by molar-refractivity contribution is -0.135. The number of rotatable bonds is 2. The summed E-state index contributed by atoms with van der Waals surface area (Å²) in [5, 5.41) is 0. The van der Waals surface area contributed by atoms with Crippen molar-refractivity contribution in [1.82, 2.24) is 25.7 Å². The molecule has 7 heteroatoms. The molecule has 7 nitrogen and oxygen atoms in total. The van der Waals surface area contributed by atoms with Crippen molar-refractivity contribution in [3.05, 3.63) is 51.9 Å². The first-order valence-corrected chi connectivity index (χ1v) is 9.68. The van der Waals surface area contributed by atoms with Crippen LogP contribution in [0.5, 0.6) is 0 Å². The summed E-state index contributed by atoms with van der Waals surface area (Å²) in [7, 11) is 0. The molecule has 2 aliphatic heterocycles. The molecule has 1 aliphatic carbocycles. The van der Waals surface area contributed by atoms with Gasteiger partial charge in [-0.3, -0.25) is 15.0 Å². The second-order valence-electron chi connectivity index (χ2n) is 7.68. The van der Waals surface area contributed by atoms with Gasteiger partial charge in [0.05, 0.1) is 12.2 Å².